The maximum absolute atomic E-state index is 11.9. The molecule has 1 aromatic carbocycles. The van der Waals surface area contributed by atoms with Crippen LogP contribution in [0.25, 0.3) is 0 Å². The van der Waals surface area contributed by atoms with Gasteiger partial charge in [0.2, 0.25) is 5.91 Å². The highest BCUT2D eigenvalue weighted by Crippen LogP contribution is 2.31. The normalized spacial score (nSPS) is 10.2. The lowest BCUT2D eigenvalue weighted by atomic mass is 10.1. The average molecular weight is 272 g/mol. The summed E-state index contributed by atoms with van der Waals surface area (Å²) in [5.41, 5.74) is 1.71. The molecule has 0 N–H and O–H groups in total. The van der Waals surface area contributed by atoms with E-state index >= 15 is 0 Å². The molecule has 0 heterocycles. The molecule has 0 fully saturated rings. The monoisotopic (exact) mass is 271 g/mol. The zero-order chi connectivity index (χ0) is 13.5. The van der Waals surface area contributed by atoms with E-state index in [-0.39, 0.29) is 11.8 Å². The smallest absolute Gasteiger partial charge is 0.242 e. The van der Waals surface area contributed by atoms with Gasteiger partial charge in [-0.3, -0.25) is 4.79 Å². The highest BCUT2D eigenvalue weighted by atomic mass is 35.5. The predicted octanol–water partition coefficient (Wildman–Crippen LogP) is 2.22. The molecule has 0 bridgehead atoms. The fraction of sp³-hybridized carbons (Fsp3) is 0.462. The highest BCUT2D eigenvalue weighted by Gasteiger charge is 2.20. The molecule has 4 nitrogen and oxygen atoms in total. The Morgan fingerprint density at radius 2 is 2.11 bits per heavy atom. The van der Waals surface area contributed by atoms with E-state index in [0.717, 1.165) is 11.3 Å². The molecule has 0 unspecified atom stereocenters. The molecule has 0 radical (unpaired) electrons. The van der Waals surface area contributed by atoms with Crippen LogP contribution in [0.1, 0.15) is 5.56 Å². The molecule has 1 aromatic rings. The van der Waals surface area contributed by atoms with Gasteiger partial charge in [0.15, 0.2) is 0 Å². The molecule has 18 heavy (non-hydrogen) atoms. The second kappa shape index (κ2) is 7.24. The molecule has 0 aliphatic carbocycles. The quantitative estimate of drug-likeness (QED) is 0.745. The molecular formula is C13H18ClNO3. The molecule has 0 atom stereocenters. The number of carbonyl (C=O) groups is 1. The highest BCUT2D eigenvalue weighted by molar-refractivity contribution is 6.29. The number of ether oxygens (including phenoxy) is 2. The zero-order valence-corrected chi connectivity index (χ0v) is 11.7. The van der Waals surface area contributed by atoms with Crippen LogP contribution in [0.2, 0.25) is 0 Å². The molecule has 1 amide bonds. The first-order valence-electron chi connectivity index (χ1n) is 5.64. The van der Waals surface area contributed by atoms with Crippen molar-refractivity contribution in [2.24, 2.45) is 0 Å². The van der Waals surface area contributed by atoms with E-state index in [1.807, 2.05) is 25.1 Å². The lowest BCUT2D eigenvalue weighted by Crippen LogP contribution is -2.35. The van der Waals surface area contributed by atoms with E-state index in [1.165, 1.54) is 0 Å². The van der Waals surface area contributed by atoms with Crippen molar-refractivity contribution < 1.29 is 14.3 Å². The van der Waals surface area contributed by atoms with Crippen molar-refractivity contribution in [1.29, 1.82) is 0 Å². The van der Waals surface area contributed by atoms with Crippen LogP contribution in [0.3, 0.4) is 0 Å². The summed E-state index contributed by atoms with van der Waals surface area (Å²) < 4.78 is 10.3. The Bertz CT molecular complexity index is 409. The van der Waals surface area contributed by atoms with Crippen LogP contribution >= 0.6 is 11.6 Å². The Morgan fingerprint density at radius 3 is 2.67 bits per heavy atom. The van der Waals surface area contributed by atoms with Gasteiger partial charge < -0.3 is 14.4 Å². The third-order valence-electron chi connectivity index (χ3n) is 2.62. The molecule has 0 aromatic heterocycles. The molecule has 0 saturated carbocycles. The van der Waals surface area contributed by atoms with Crippen molar-refractivity contribution in [1.82, 2.24) is 0 Å². The minimum absolute atomic E-state index is 0.0683. The van der Waals surface area contributed by atoms with Gasteiger partial charge in [-0.2, -0.15) is 0 Å². The Hall–Kier alpha value is -1.26. The van der Waals surface area contributed by atoms with E-state index < -0.39 is 0 Å². The Balaban J connectivity index is 3.14. The van der Waals surface area contributed by atoms with Crippen LogP contribution in [-0.4, -0.2) is 39.2 Å². The number of amides is 1. The summed E-state index contributed by atoms with van der Waals surface area (Å²) >= 11 is 5.65. The maximum atomic E-state index is 11.9. The second-order valence-electron chi connectivity index (χ2n) is 3.80. The summed E-state index contributed by atoms with van der Waals surface area (Å²) in [6, 6.07) is 5.64. The van der Waals surface area contributed by atoms with Crippen molar-refractivity contribution in [3.8, 4) is 5.75 Å². The molecule has 0 aliphatic rings. The van der Waals surface area contributed by atoms with E-state index in [4.69, 9.17) is 21.1 Å². The minimum atomic E-state index is -0.165. The fourth-order valence-corrected chi connectivity index (χ4v) is 1.90. The van der Waals surface area contributed by atoms with Crippen LogP contribution < -0.4 is 9.64 Å². The van der Waals surface area contributed by atoms with Crippen molar-refractivity contribution in [3.63, 3.8) is 0 Å². The molecule has 0 aliphatic heterocycles. The van der Waals surface area contributed by atoms with E-state index in [0.29, 0.717) is 18.9 Å². The van der Waals surface area contributed by atoms with Gasteiger partial charge in [0.25, 0.3) is 0 Å². The van der Waals surface area contributed by atoms with Crippen LogP contribution in [-0.2, 0) is 9.53 Å². The number of halogens is 1. The SMILES string of the molecule is COCCN(C(=O)CCl)c1c(C)cccc1OC. The Morgan fingerprint density at radius 1 is 1.39 bits per heavy atom. The number of alkyl halides is 1. The standard InChI is InChI=1S/C13H18ClNO3/c1-10-5-4-6-11(18-3)13(10)15(7-8-17-2)12(16)9-14/h4-6H,7-9H2,1-3H3. The van der Waals surface area contributed by atoms with Gasteiger partial charge >= 0.3 is 0 Å². The number of rotatable bonds is 6. The summed E-state index contributed by atoms with van der Waals surface area (Å²) in [5, 5.41) is 0. The number of methoxy groups -OCH3 is 2. The number of aryl methyl sites for hydroxylation is 1. The predicted molar refractivity (Wildman–Crippen MR) is 72.7 cm³/mol. The average Bonchev–Trinajstić information content (AvgIpc) is 2.39. The van der Waals surface area contributed by atoms with Gasteiger partial charge in [0, 0.05) is 13.7 Å². The van der Waals surface area contributed by atoms with Crippen molar-refractivity contribution >= 4 is 23.2 Å². The summed E-state index contributed by atoms with van der Waals surface area (Å²) in [7, 11) is 3.18. The second-order valence-corrected chi connectivity index (χ2v) is 4.06. The fourth-order valence-electron chi connectivity index (χ4n) is 1.76. The summed E-state index contributed by atoms with van der Waals surface area (Å²) in [5.74, 6) is 0.423. The zero-order valence-electron chi connectivity index (χ0n) is 10.9. The van der Waals surface area contributed by atoms with Gasteiger partial charge in [-0.25, -0.2) is 0 Å². The number of hydrogen-bond donors (Lipinski definition) is 0. The number of benzene rings is 1. The molecule has 0 saturated heterocycles. The number of para-hydroxylation sites is 1. The molecule has 100 valence electrons. The summed E-state index contributed by atoms with van der Waals surface area (Å²) in [6.07, 6.45) is 0. The Labute approximate surface area is 112 Å². The number of anilines is 1. The van der Waals surface area contributed by atoms with Gasteiger partial charge in [0.05, 0.1) is 19.4 Å². The number of hydrogen-bond acceptors (Lipinski definition) is 3. The molecule has 1 rings (SSSR count). The topological polar surface area (TPSA) is 38.8 Å². The largest absolute Gasteiger partial charge is 0.495 e. The van der Waals surface area contributed by atoms with Gasteiger partial charge in [-0.1, -0.05) is 12.1 Å². The van der Waals surface area contributed by atoms with E-state index in [9.17, 15) is 4.79 Å². The maximum Gasteiger partial charge on any atom is 0.242 e. The van der Waals surface area contributed by atoms with Crippen molar-refractivity contribution in [2.45, 2.75) is 6.92 Å². The van der Waals surface area contributed by atoms with Crippen molar-refractivity contribution in [2.75, 3.05) is 38.2 Å². The van der Waals surface area contributed by atoms with Gasteiger partial charge in [-0.15, -0.1) is 11.6 Å². The summed E-state index contributed by atoms with van der Waals surface area (Å²) in [4.78, 5) is 13.5. The third-order valence-corrected chi connectivity index (χ3v) is 2.85. The first-order chi connectivity index (χ1) is 8.65. The molecule has 5 heteroatoms. The van der Waals surface area contributed by atoms with E-state index in [2.05, 4.69) is 0 Å². The van der Waals surface area contributed by atoms with Gasteiger partial charge in [-0.05, 0) is 18.6 Å². The molecular weight excluding hydrogens is 254 g/mol. The number of carbonyl (C=O) groups excluding carboxylic acids is 1. The van der Waals surface area contributed by atoms with Crippen LogP contribution in [0.15, 0.2) is 18.2 Å². The summed E-state index contributed by atoms with van der Waals surface area (Å²) in [6.45, 7) is 2.82. The lowest BCUT2D eigenvalue weighted by Gasteiger charge is -2.25. The van der Waals surface area contributed by atoms with Crippen LogP contribution in [0.5, 0.6) is 5.75 Å². The van der Waals surface area contributed by atoms with Gasteiger partial charge in [0.1, 0.15) is 11.6 Å². The third kappa shape index (κ3) is 3.37. The van der Waals surface area contributed by atoms with Crippen LogP contribution in [0.4, 0.5) is 5.69 Å². The van der Waals surface area contributed by atoms with E-state index in [1.54, 1.807) is 19.1 Å². The minimum Gasteiger partial charge on any atom is -0.495 e. The first kappa shape index (κ1) is 14.8. The molecule has 0 spiro atoms. The lowest BCUT2D eigenvalue weighted by molar-refractivity contribution is -0.116. The number of nitrogens with zero attached hydrogens (tertiary/aromatic N) is 1. The first-order valence-corrected chi connectivity index (χ1v) is 6.18. The van der Waals surface area contributed by atoms with Crippen LogP contribution in [0, 0.1) is 6.92 Å². The Kier molecular flexibility index (Phi) is 5.95. The van der Waals surface area contributed by atoms with Crippen molar-refractivity contribution in [3.05, 3.63) is 23.8 Å².